The Labute approximate surface area is 105 Å². The van der Waals surface area contributed by atoms with Crippen molar-refractivity contribution in [2.24, 2.45) is 5.92 Å². The second-order valence-electron chi connectivity index (χ2n) is 5.26. The molecule has 1 fully saturated rings. The minimum absolute atomic E-state index is 0.869. The van der Waals surface area contributed by atoms with E-state index in [9.17, 15) is 0 Å². The van der Waals surface area contributed by atoms with Gasteiger partial charge in [0.25, 0.3) is 0 Å². The Morgan fingerprint density at radius 1 is 1.24 bits per heavy atom. The molecule has 0 saturated heterocycles. The first-order chi connectivity index (χ1) is 8.27. The number of para-hydroxylation sites is 1. The zero-order valence-electron chi connectivity index (χ0n) is 10.8. The highest BCUT2D eigenvalue weighted by Gasteiger charge is 2.13. The average molecular weight is 232 g/mol. The fraction of sp³-hybridized carbons (Fsp3) is 0.600. The third-order valence-electron chi connectivity index (χ3n) is 3.88. The first-order valence-electron chi connectivity index (χ1n) is 6.86. The van der Waals surface area contributed by atoms with Crippen molar-refractivity contribution in [3.8, 4) is 0 Å². The van der Waals surface area contributed by atoms with Gasteiger partial charge in [0.1, 0.15) is 0 Å². The monoisotopic (exact) mass is 232 g/mol. The summed E-state index contributed by atoms with van der Waals surface area (Å²) in [7, 11) is 0. The van der Waals surface area contributed by atoms with Crippen LogP contribution in [0.15, 0.2) is 18.2 Å². The highest BCUT2D eigenvalue weighted by atomic mass is 14.9. The molecule has 0 bridgehead atoms. The van der Waals surface area contributed by atoms with Crippen LogP contribution in [0.1, 0.15) is 44.1 Å². The summed E-state index contributed by atoms with van der Waals surface area (Å²) >= 11 is 0. The van der Waals surface area contributed by atoms with Crippen molar-refractivity contribution in [3.63, 3.8) is 0 Å². The van der Waals surface area contributed by atoms with E-state index in [1.165, 1.54) is 44.1 Å². The van der Waals surface area contributed by atoms with Crippen molar-refractivity contribution in [1.82, 2.24) is 0 Å². The van der Waals surface area contributed by atoms with Gasteiger partial charge in [0.15, 0.2) is 0 Å². The number of nitrogens with two attached hydrogens (primary N) is 1. The number of anilines is 2. The molecular formula is C15H24N2. The second kappa shape index (κ2) is 5.95. The van der Waals surface area contributed by atoms with Crippen molar-refractivity contribution in [3.05, 3.63) is 23.8 Å². The molecule has 0 atom stereocenters. The Hall–Kier alpha value is -1.18. The summed E-state index contributed by atoms with van der Waals surface area (Å²) in [4.78, 5) is 0. The van der Waals surface area contributed by atoms with Crippen LogP contribution in [0.2, 0.25) is 0 Å². The Morgan fingerprint density at radius 2 is 2.00 bits per heavy atom. The molecule has 1 aliphatic carbocycles. The Balaban J connectivity index is 1.81. The second-order valence-corrected chi connectivity index (χ2v) is 5.26. The minimum Gasteiger partial charge on any atom is -0.397 e. The molecule has 0 unspecified atom stereocenters. The average Bonchev–Trinajstić information content (AvgIpc) is 2.34. The van der Waals surface area contributed by atoms with Crippen LogP contribution in [0.25, 0.3) is 0 Å². The van der Waals surface area contributed by atoms with E-state index in [2.05, 4.69) is 18.3 Å². The third kappa shape index (κ3) is 3.39. The quantitative estimate of drug-likeness (QED) is 0.771. The van der Waals surface area contributed by atoms with Gasteiger partial charge in [-0.3, -0.25) is 0 Å². The van der Waals surface area contributed by atoms with Gasteiger partial charge in [-0.15, -0.1) is 0 Å². The molecule has 0 spiro atoms. The lowest BCUT2D eigenvalue weighted by molar-refractivity contribution is 0.345. The summed E-state index contributed by atoms with van der Waals surface area (Å²) in [6, 6.07) is 6.09. The van der Waals surface area contributed by atoms with Crippen molar-refractivity contribution in [2.75, 3.05) is 17.6 Å². The zero-order chi connectivity index (χ0) is 12.1. The van der Waals surface area contributed by atoms with Gasteiger partial charge in [0.2, 0.25) is 0 Å². The lowest BCUT2D eigenvalue weighted by Gasteiger charge is -2.22. The van der Waals surface area contributed by atoms with Crippen LogP contribution in [0.5, 0.6) is 0 Å². The van der Waals surface area contributed by atoms with Gasteiger partial charge >= 0.3 is 0 Å². The molecule has 1 saturated carbocycles. The smallest absolute Gasteiger partial charge is 0.0603 e. The van der Waals surface area contributed by atoms with Gasteiger partial charge in [-0.25, -0.2) is 0 Å². The fourth-order valence-corrected chi connectivity index (χ4v) is 2.81. The van der Waals surface area contributed by atoms with Gasteiger partial charge in [-0.2, -0.15) is 0 Å². The summed E-state index contributed by atoms with van der Waals surface area (Å²) in [5.74, 6) is 0.932. The van der Waals surface area contributed by atoms with Crippen molar-refractivity contribution >= 4 is 11.4 Å². The predicted octanol–water partition coefficient (Wildman–Crippen LogP) is 3.96. The Kier molecular flexibility index (Phi) is 4.29. The maximum absolute atomic E-state index is 5.98. The highest BCUT2D eigenvalue weighted by Crippen LogP contribution is 2.27. The van der Waals surface area contributed by atoms with E-state index in [4.69, 9.17) is 5.73 Å². The van der Waals surface area contributed by atoms with Crippen LogP contribution in [-0.2, 0) is 0 Å². The predicted molar refractivity (Wildman–Crippen MR) is 75.3 cm³/mol. The van der Waals surface area contributed by atoms with Crippen LogP contribution in [0.4, 0.5) is 11.4 Å². The van der Waals surface area contributed by atoms with Crippen LogP contribution in [0.3, 0.4) is 0 Å². The third-order valence-corrected chi connectivity index (χ3v) is 3.88. The highest BCUT2D eigenvalue weighted by molar-refractivity contribution is 5.69. The van der Waals surface area contributed by atoms with E-state index in [1.54, 1.807) is 0 Å². The van der Waals surface area contributed by atoms with E-state index in [1.807, 2.05) is 12.1 Å². The van der Waals surface area contributed by atoms with E-state index < -0.39 is 0 Å². The molecule has 0 amide bonds. The summed E-state index contributed by atoms with van der Waals surface area (Å²) in [6.07, 6.45) is 8.42. The van der Waals surface area contributed by atoms with Crippen molar-refractivity contribution in [1.29, 1.82) is 0 Å². The van der Waals surface area contributed by atoms with Crippen molar-refractivity contribution in [2.45, 2.75) is 45.4 Å². The maximum atomic E-state index is 5.98. The SMILES string of the molecule is Cc1cccc(N)c1NCCC1CCCCC1. The lowest BCUT2D eigenvalue weighted by Crippen LogP contribution is -2.13. The van der Waals surface area contributed by atoms with Gasteiger partial charge < -0.3 is 11.1 Å². The molecular weight excluding hydrogens is 208 g/mol. The van der Waals surface area contributed by atoms with Crippen LogP contribution >= 0.6 is 0 Å². The van der Waals surface area contributed by atoms with E-state index in [0.29, 0.717) is 0 Å². The maximum Gasteiger partial charge on any atom is 0.0603 e. The number of hydrogen-bond donors (Lipinski definition) is 2. The zero-order valence-corrected chi connectivity index (χ0v) is 10.8. The molecule has 1 aromatic carbocycles. The number of nitrogen functional groups attached to an aromatic ring is 1. The molecule has 2 nitrogen and oxygen atoms in total. The standard InChI is InChI=1S/C15H24N2/c1-12-6-5-9-14(16)15(12)17-11-10-13-7-3-2-4-8-13/h5-6,9,13,17H,2-4,7-8,10-11,16H2,1H3. The molecule has 0 heterocycles. The van der Waals surface area contributed by atoms with Crippen LogP contribution in [-0.4, -0.2) is 6.54 Å². The molecule has 94 valence electrons. The summed E-state index contributed by atoms with van der Waals surface area (Å²) < 4.78 is 0. The minimum atomic E-state index is 0.869. The first kappa shape index (κ1) is 12.3. The molecule has 1 aromatic rings. The lowest BCUT2D eigenvalue weighted by atomic mass is 9.87. The van der Waals surface area contributed by atoms with Gasteiger partial charge in [0.05, 0.1) is 11.4 Å². The molecule has 2 heteroatoms. The number of benzene rings is 1. The molecule has 17 heavy (non-hydrogen) atoms. The van der Waals surface area contributed by atoms with Crippen molar-refractivity contribution < 1.29 is 0 Å². The molecule has 0 aliphatic heterocycles. The van der Waals surface area contributed by atoms with Gasteiger partial charge in [-0.1, -0.05) is 44.2 Å². The number of nitrogens with one attached hydrogen (secondary N) is 1. The molecule has 1 aliphatic rings. The Morgan fingerprint density at radius 3 is 2.71 bits per heavy atom. The van der Waals surface area contributed by atoms with Crippen LogP contribution in [0, 0.1) is 12.8 Å². The summed E-state index contributed by atoms with van der Waals surface area (Å²) in [5.41, 5.74) is 9.22. The largest absolute Gasteiger partial charge is 0.397 e. The topological polar surface area (TPSA) is 38.0 Å². The molecule has 2 rings (SSSR count). The molecule has 3 N–H and O–H groups in total. The van der Waals surface area contributed by atoms with E-state index in [-0.39, 0.29) is 0 Å². The molecule has 0 radical (unpaired) electrons. The van der Waals surface area contributed by atoms with E-state index in [0.717, 1.165) is 23.8 Å². The first-order valence-corrected chi connectivity index (χ1v) is 6.86. The van der Waals surface area contributed by atoms with Gasteiger partial charge in [0, 0.05) is 6.54 Å². The van der Waals surface area contributed by atoms with E-state index >= 15 is 0 Å². The fourth-order valence-electron chi connectivity index (χ4n) is 2.81. The summed E-state index contributed by atoms with van der Waals surface area (Å²) in [6.45, 7) is 3.17. The number of aryl methyl sites for hydroxylation is 1. The summed E-state index contributed by atoms with van der Waals surface area (Å²) in [5, 5.41) is 3.50. The number of rotatable bonds is 4. The number of hydrogen-bond acceptors (Lipinski definition) is 2. The normalized spacial score (nSPS) is 17.0. The molecule has 0 aromatic heterocycles. The Bertz CT molecular complexity index is 334. The van der Waals surface area contributed by atoms with Gasteiger partial charge in [-0.05, 0) is 30.9 Å². The van der Waals surface area contributed by atoms with Crippen LogP contribution < -0.4 is 11.1 Å².